The molecule has 5 heteroatoms. The number of aliphatic carboxylic acids is 1. The standard InChI is InChI=1S/C8H12N2O3/c1-10-6(4-5-9-10)2-3-7(11)8(12)13/h4-5,7,11H,2-3H2,1H3,(H,12,13). The van der Waals surface area contributed by atoms with Gasteiger partial charge in [0.25, 0.3) is 0 Å². The molecule has 0 aliphatic rings. The molecule has 2 N–H and O–H groups in total. The summed E-state index contributed by atoms with van der Waals surface area (Å²) in [6.07, 6.45) is 1.09. The van der Waals surface area contributed by atoms with Crippen LogP contribution in [0.3, 0.4) is 0 Å². The first-order valence-corrected chi connectivity index (χ1v) is 3.99. The lowest BCUT2D eigenvalue weighted by molar-refractivity contribution is -0.146. The van der Waals surface area contributed by atoms with Crippen molar-refractivity contribution in [3.8, 4) is 0 Å². The van der Waals surface area contributed by atoms with Crippen molar-refractivity contribution in [1.29, 1.82) is 0 Å². The van der Waals surface area contributed by atoms with Crippen LogP contribution in [0.25, 0.3) is 0 Å². The number of rotatable bonds is 4. The highest BCUT2D eigenvalue weighted by Gasteiger charge is 2.13. The van der Waals surface area contributed by atoms with Gasteiger partial charge in [0.05, 0.1) is 0 Å². The normalized spacial score (nSPS) is 12.8. The molecule has 1 heterocycles. The molecule has 0 saturated heterocycles. The average molecular weight is 184 g/mol. The Hall–Kier alpha value is -1.36. The summed E-state index contributed by atoms with van der Waals surface area (Å²) in [4.78, 5) is 10.3. The summed E-state index contributed by atoms with van der Waals surface area (Å²) in [6, 6.07) is 1.80. The highest BCUT2D eigenvalue weighted by molar-refractivity contribution is 5.71. The van der Waals surface area contributed by atoms with Crippen molar-refractivity contribution < 1.29 is 15.0 Å². The van der Waals surface area contributed by atoms with Gasteiger partial charge in [0.15, 0.2) is 6.10 Å². The van der Waals surface area contributed by atoms with Crippen molar-refractivity contribution in [3.05, 3.63) is 18.0 Å². The van der Waals surface area contributed by atoms with Gasteiger partial charge in [-0.2, -0.15) is 5.10 Å². The van der Waals surface area contributed by atoms with E-state index in [1.54, 1.807) is 24.0 Å². The van der Waals surface area contributed by atoms with Gasteiger partial charge in [0.2, 0.25) is 0 Å². The third kappa shape index (κ3) is 2.55. The molecule has 0 aromatic carbocycles. The van der Waals surface area contributed by atoms with Crippen molar-refractivity contribution in [2.24, 2.45) is 7.05 Å². The van der Waals surface area contributed by atoms with Gasteiger partial charge in [-0.1, -0.05) is 0 Å². The van der Waals surface area contributed by atoms with E-state index in [4.69, 9.17) is 10.2 Å². The number of hydrogen-bond donors (Lipinski definition) is 2. The molecule has 1 aromatic rings. The monoisotopic (exact) mass is 184 g/mol. The van der Waals surface area contributed by atoms with Gasteiger partial charge < -0.3 is 10.2 Å². The molecule has 0 bridgehead atoms. The van der Waals surface area contributed by atoms with Crippen LogP contribution in [-0.4, -0.2) is 32.1 Å². The second-order valence-corrected chi connectivity index (χ2v) is 2.84. The smallest absolute Gasteiger partial charge is 0.332 e. The van der Waals surface area contributed by atoms with E-state index in [0.717, 1.165) is 5.69 Å². The summed E-state index contributed by atoms with van der Waals surface area (Å²) in [5.41, 5.74) is 0.917. The minimum atomic E-state index is -1.28. The molecule has 0 radical (unpaired) electrons. The van der Waals surface area contributed by atoms with Crippen LogP contribution >= 0.6 is 0 Å². The third-order valence-corrected chi connectivity index (χ3v) is 1.88. The molecule has 1 aromatic heterocycles. The van der Waals surface area contributed by atoms with Crippen LogP contribution in [0.5, 0.6) is 0 Å². The predicted octanol–water partition coefficient (Wildman–Crippen LogP) is -0.202. The van der Waals surface area contributed by atoms with Crippen molar-refractivity contribution in [1.82, 2.24) is 9.78 Å². The first-order chi connectivity index (χ1) is 6.11. The maximum absolute atomic E-state index is 10.3. The molecule has 0 spiro atoms. The molecular formula is C8H12N2O3. The van der Waals surface area contributed by atoms with E-state index in [1.165, 1.54) is 0 Å². The molecule has 5 nitrogen and oxygen atoms in total. The number of hydrogen-bond acceptors (Lipinski definition) is 3. The molecular weight excluding hydrogens is 172 g/mol. The summed E-state index contributed by atoms with van der Waals surface area (Å²) in [6.45, 7) is 0. The topological polar surface area (TPSA) is 75.3 Å². The van der Waals surface area contributed by atoms with Gasteiger partial charge in [-0.15, -0.1) is 0 Å². The molecule has 0 fully saturated rings. The first-order valence-electron chi connectivity index (χ1n) is 3.99. The summed E-state index contributed by atoms with van der Waals surface area (Å²) >= 11 is 0. The molecule has 0 aliphatic carbocycles. The van der Waals surface area contributed by atoms with Crippen molar-refractivity contribution >= 4 is 5.97 Å². The Labute approximate surface area is 75.6 Å². The lowest BCUT2D eigenvalue weighted by Crippen LogP contribution is -2.20. The van der Waals surface area contributed by atoms with Gasteiger partial charge in [-0.25, -0.2) is 4.79 Å². The largest absolute Gasteiger partial charge is 0.479 e. The Morgan fingerprint density at radius 2 is 2.46 bits per heavy atom. The fourth-order valence-corrected chi connectivity index (χ4v) is 1.05. The summed E-state index contributed by atoms with van der Waals surface area (Å²) in [5.74, 6) is -1.18. The maximum Gasteiger partial charge on any atom is 0.332 e. The van der Waals surface area contributed by atoms with E-state index >= 15 is 0 Å². The second kappa shape index (κ2) is 4.04. The fourth-order valence-electron chi connectivity index (χ4n) is 1.05. The minimum Gasteiger partial charge on any atom is -0.479 e. The van der Waals surface area contributed by atoms with Gasteiger partial charge in [-0.05, 0) is 18.9 Å². The van der Waals surface area contributed by atoms with Crippen LogP contribution in [0, 0.1) is 0 Å². The van der Waals surface area contributed by atoms with Gasteiger partial charge in [0, 0.05) is 18.9 Å². The number of carbonyl (C=O) groups is 1. The Balaban J connectivity index is 2.44. The Morgan fingerprint density at radius 3 is 2.92 bits per heavy atom. The zero-order chi connectivity index (χ0) is 9.84. The number of aliphatic hydroxyl groups is 1. The van der Waals surface area contributed by atoms with Crippen molar-refractivity contribution in [3.63, 3.8) is 0 Å². The van der Waals surface area contributed by atoms with Crippen molar-refractivity contribution in [2.75, 3.05) is 0 Å². The number of aromatic nitrogens is 2. The fraction of sp³-hybridized carbons (Fsp3) is 0.500. The number of carboxylic acid groups (broad SMARTS) is 1. The van der Waals surface area contributed by atoms with E-state index in [2.05, 4.69) is 5.10 Å². The van der Waals surface area contributed by atoms with Crippen LogP contribution in [0.15, 0.2) is 12.3 Å². The van der Waals surface area contributed by atoms with Gasteiger partial charge in [-0.3, -0.25) is 4.68 Å². The maximum atomic E-state index is 10.3. The van der Waals surface area contributed by atoms with Crippen molar-refractivity contribution in [2.45, 2.75) is 18.9 Å². The molecule has 0 saturated carbocycles. The first kappa shape index (κ1) is 9.73. The van der Waals surface area contributed by atoms with Gasteiger partial charge >= 0.3 is 5.97 Å². The Kier molecular flexibility index (Phi) is 3.02. The molecule has 1 atom stereocenters. The molecule has 72 valence electrons. The summed E-state index contributed by atoms with van der Waals surface area (Å²) in [7, 11) is 1.78. The van der Waals surface area contributed by atoms with E-state index in [1.807, 2.05) is 0 Å². The molecule has 13 heavy (non-hydrogen) atoms. The minimum absolute atomic E-state index is 0.217. The lowest BCUT2D eigenvalue weighted by atomic mass is 10.1. The van der Waals surface area contributed by atoms with Crippen LogP contribution < -0.4 is 0 Å². The van der Waals surface area contributed by atoms with Crippen LogP contribution in [-0.2, 0) is 18.3 Å². The average Bonchev–Trinajstić information content (AvgIpc) is 2.47. The van der Waals surface area contributed by atoms with Crippen LogP contribution in [0.2, 0.25) is 0 Å². The summed E-state index contributed by atoms with van der Waals surface area (Å²) in [5, 5.41) is 21.3. The Morgan fingerprint density at radius 1 is 1.77 bits per heavy atom. The number of aliphatic hydroxyl groups excluding tert-OH is 1. The second-order valence-electron chi connectivity index (χ2n) is 2.84. The predicted molar refractivity (Wildman–Crippen MR) is 45.2 cm³/mol. The molecule has 0 amide bonds. The third-order valence-electron chi connectivity index (χ3n) is 1.88. The zero-order valence-corrected chi connectivity index (χ0v) is 7.34. The highest BCUT2D eigenvalue weighted by Crippen LogP contribution is 2.03. The van der Waals surface area contributed by atoms with E-state index in [9.17, 15) is 4.79 Å². The Bertz CT molecular complexity index is 295. The summed E-state index contributed by atoms with van der Waals surface area (Å²) < 4.78 is 1.66. The lowest BCUT2D eigenvalue weighted by Gasteiger charge is -2.04. The molecule has 1 rings (SSSR count). The number of aryl methyl sites for hydroxylation is 2. The van der Waals surface area contributed by atoms with E-state index in [0.29, 0.717) is 6.42 Å². The quantitative estimate of drug-likeness (QED) is 0.679. The molecule has 0 aliphatic heterocycles. The van der Waals surface area contributed by atoms with E-state index in [-0.39, 0.29) is 6.42 Å². The number of carboxylic acids is 1. The molecule has 1 unspecified atom stereocenters. The van der Waals surface area contributed by atoms with Crippen LogP contribution in [0.1, 0.15) is 12.1 Å². The van der Waals surface area contributed by atoms with Gasteiger partial charge in [0.1, 0.15) is 0 Å². The SMILES string of the molecule is Cn1nccc1CCC(O)C(=O)O. The zero-order valence-electron chi connectivity index (χ0n) is 7.34. The van der Waals surface area contributed by atoms with E-state index < -0.39 is 12.1 Å². The van der Waals surface area contributed by atoms with Crippen LogP contribution in [0.4, 0.5) is 0 Å². The number of nitrogens with zero attached hydrogens (tertiary/aromatic N) is 2. The highest BCUT2D eigenvalue weighted by atomic mass is 16.4.